The van der Waals surface area contributed by atoms with Gasteiger partial charge in [-0.1, -0.05) is 42.5 Å². The lowest BCUT2D eigenvalue weighted by Crippen LogP contribution is -2.51. The highest BCUT2D eigenvalue weighted by Gasteiger charge is 2.26. The van der Waals surface area contributed by atoms with E-state index in [2.05, 4.69) is 51.2 Å². The van der Waals surface area contributed by atoms with Crippen molar-refractivity contribution in [2.75, 3.05) is 30.3 Å². The molecule has 2 aromatic carbocycles. The highest BCUT2D eigenvalue weighted by Crippen LogP contribution is 2.32. The third-order valence-corrected chi connectivity index (χ3v) is 5.32. The third kappa shape index (κ3) is 3.77. The van der Waals surface area contributed by atoms with Crippen molar-refractivity contribution in [2.24, 2.45) is 0 Å². The topological polar surface area (TPSA) is 78.5 Å². The summed E-state index contributed by atoms with van der Waals surface area (Å²) in [7, 11) is 0. The molecule has 1 aliphatic heterocycles. The van der Waals surface area contributed by atoms with Gasteiger partial charge < -0.3 is 15.7 Å². The number of anilines is 2. The van der Waals surface area contributed by atoms with E-state index >= 15 is 0 Å². The molecule has 0 amide bonds. The quantitative estimate of drug-likeness (QED) is 0.729. The Kier molecular flexibility index (Phi) is 5.12. The number of piperazine rings is 1. The smallest absolute Gasteiger partial charge is 0.169 e. The molecule has 1 saturated heterocycles. The molecule has 1 unspecified atom stereocenters. The molecule has 0 radical (unpaired) electrons. The SMILES string of the molecule is CC1CN(c2cc(-c3ccccc3O)nnc2N)CCN1Cc1ccccc1. The largest absolute Gasteiger partial charge is 0.507 e. The molecule has 0 spiro atoms. The van der Waals surface area contributed by atoms with Crippen LogP contribution in [0, 0.1) is 0 Å². The van der Waals surface area contributed by atoms with Crippen molar-refractivity contribution in [1.82, 2.24) is 15.1 Å². The minimum atomic E-state index is 0.188. The highest BCUT2D eigenvalue weighted by atomic mass is 16.3. The van der Waals surface area contributed by atoms with Crippen molar-refractivity contribution in [1.29, 1.82) is 0 Å². The molecule has 1 fully saturated rings. The lowest BCUT2D eigenvalue weighted by atomic mass is 10.1. The summed E-state index contributed by atoms with van der Waals surface area (Å²) < 4.78 is 0. The van der Waals surface area contributed by atoms with E-state index in [9.17, 15) is 5.11 Å². The Morgan fingerprint density at radius 2 is 1.79 bits per heavy atom. The number of rotatable bonds is 4. The number of aromatic nitrogens is 2. The maximum absolute atomic E-state index is 10.1. The van der Waals surface area contributed by atoms with Crippen LogP contribution in [0.1, 0.15) is 12.5 Å². The van der Waals surface area contributed by atoms with Gasteiger partial charge in [0, 0.05) is 37.8 Å². The number of hydrogen-bond acceptors (Lipinski definition) is 6. The second-order valence-electron chi connectivity index (χ2n) is 7.27. The minimum absolute atomic E-state index is 0.188. The molecule has 6 heteroatoms. The van der Waals surface area contributed by atoms with E-state index in [0.717, 1.165) is 31.9 Å². The van der Waals surface area contributed by atoms with E-state index in [0.29, 0.717) is 23.1 Å². The predicted octanol–water partition coefficient (Wildman–Crippen LogP) is 3.14. The molecule has 3 N–H and O–H groups in total. The first-order valence-electron chi connectivity index (χ1n) is 9.56. The van der Waals surface area contributed by atoms with Gasteiger partial charge >= 0.3 is 0 Å². The van der Waals surface area contributed by atoms with Crippen LogP contribution in [0.15, 0.2) is 60.7 Å². The zero-order valence-corrected chi connectivity index (χ0v) is 16.0. The third-order valence-electron chi connectivity index (χ3n) is 5.32. The molecule has 1 aromatic heterocycles. The van der Waals surface area contributed by atoms with Gasteiger partial charge in [0.15, 0.2) is 5.82 Å². The lowest BCUT2D eigenvalue weighted by molar-refractivity contribution is 0.181. The van der Waals surface area contributed by atoms with E-state index in [4.69, 9.17) is 5.73 Å². The van der Waals surface area contributed by atoms with Gasteiger partial charge in [-0.2, -0.15) is 0 Å². The van der Waals surface area contributed by atoms with E-state index < -0.39 is 0 Å². The number of phenolic OH excluding ortho intramolecular Hbond substituents is 1. The van der Waals surface area contributed by atoms with Crippen LogP contribution in [0.2, 0.25) is 0 Å². The Morgan fingerprint density at radius 1 is 1.04 bits per heavy atom. The summed E-state index contributed by atoms with van der Waals surface area (Å²) >= 11 is 0. The standard InChI is InChI=1S/C22H25N5O/c1-16-14-27(12-11-26(16)15-17-7-3-2-4-8-17)20-13-19(24-25-22(20)23)18-9-5-6-10-21(18)28/h2-10,13,16,28H,11-12,14-15H2,1H3,(H2,23,25). The Labute approximate surface area is 165 Å². The molecular formula is C22H25N5O. The minimum Gasteiger partial charge on any atom is -0.507 e. The second-order valence-corrected chi connectivity index (χ2v) is 7.27. The van der Waals surface area contributed by atoms with Gasteiger partial charge in [0.1, 0.15) is 5.75 Å². The summed E-state index contributed by atoms with van der Waals surface area (Å²) in [6.45, 7) is 5.87. The van der Waals surface area contributed by atoms with Crippen LogP contribution in [-0.4, -0.2) is 45.9 Å². The normalized spacial score (nSPS) is 17.6. The molecule has 6 nitrogen and oxygen atoms in total. The maximum atomic E-state index is 10.1. The van der Waals surface area contributed by atoms with Gasteiger partial charge in [0.05, 0.1) is 11.4 Å². The number of nitrogens with zero attached hydrogens (tertiary/aromatic N) is 4. The number of benzene rings is 2. The van der Waals surface area contributed by atoms with E-state index in [-0.39, 0.29) is 5.75 Å². The maximum Gasteiger partial charge on any atom is 0.169 e. The number of nitrogens with two attached hydrogens (primary N) is 1. The summed E-state index contributed by atoms with van der Waals surface area (Å²) in [5.74, 6) is 0.608. The fraction of sp³-hybridized carbons (Fsp3) is 0.273. The van der Waals surface area contributed by atoms with Crippen LogP contribution in [0.5, 0.6) is 5.75 Å². The Morgan fingerprint density at radius 3 is 2.54 bits per heavy atom. The van der Waals surface area contributed by atoms with Gasteiger partial charge in [0.25, 0.3) is 0 Å². The molecule has 0 aliphatic carbocycles. The zero-order chi connectivity index (χ0) is 19.5. The Balaban J connectivity index is 1.52. The van der Waals surface area contributed by atoms with Crippen LogP contribution in [0.4, 0.5) is 11.5 Å². The van der Waals surface area contributed by atoms with Gasteiger partial charge in [0.2, 0.25) is 0 Å². The average molecular weight is 375 g/mol. The van der Waals surface area contributed by atoms with E-state index in [1.54, 1.807) is 12.1 Å². The number of hydrogen-bond donors (Lipinski definition) is 2. The molecule has 3 aromatic rings. The van der Waals surface area contributed by atoms with Crippen molar-refractivity contribution in [3.63, 3.8) is 0 Å². The predicted molar refractivity (Wildman–Crippen MR) is 112 cm³/mol. The van der Waals surface area contributed by atoms with Crippen molar-refractivity contribution in [3.8, 4) is 17.0 Å². The molecule has 4 rings (SSSR count). The lowest BCUT2D eigenvalue weighted by Gasteiger charge is -2.41. The molecule has 28 heavy (non-hydrogen) atoms. The fourth-order valence-corrected chi connectivity index (χ4v) is 3.73. The van der Waals surface area contributed by atoms with E-state index in [1.165, 1.54) is 5.56 Å². The monoisotopic (exact) mass is 375 g/mol. The molecule has 2 heterocycles. The van der Waals surface area contributed by atoms with Crippen LogP contribution in [0.25, 0.3) is 11.3 Å². The van der Waals surface area contributed by atoms with E-state index in [1.807, 2.05) is 24.3 Å². The molecule has 0 saturated carbocycles. The van der Waals surface area contributed by atoms with Crippen molar-refractivity contribution in [2.45, 2.75) is 19.5 Å². The van der Waals surface area contributed by atoms with Crippen molar-refractivity contribution >= 4 is 11.5 Å². The van der Waals surface area contributed by atoms with Gasteiger partial charge in [-0.05, 0) is 30.7 Å². The second kappa shape index (κ2) is 7.86. The zero-order valence-electron chi connectivity index (χ0n) is 16.0. The average Bonchev–Trinajstić information content (AvgIpc) is 2.71. The number of aromatic hydroxyl groups is 1. The highest BCUT2D eigenvalue weighted by molar-refractivity contribution is 5.74. The molecular weight excluding hydrogens is 350 g/mol. The number of nitrogen functional groups attached to an aromatic ring is 1. The summed E-state index contributed by atoms with van der Waals surface area (Å²) in [4.78, 5) is 4.75. The first-order valence-corrected chi connectivity index (χ1v) is 9.56. The Hall–Kier alpha value is -3.12. The van der Waals surface area contributed by atoms with Crippen molar-refractivity contribution in [3.05, 3.63) is 66.2 Å². The van der Waals surface area contributed by atoms with Crippen LogP contribution in [0.3, 0.4) is 0 Å². The van der Waals surface area contributed by atoms with Gasteiger partial charge in [-0.3, -0.25) is 4.90 Å². The summed E-state index contributed by atoms with van der Waals surface area (Å²) in [6.07, 6.45) is 0. The van der Waals surface area contributed by atoms with Gasteiger partial charge in [-0.15, -0.1) is 10.2 Å². The van der Waals surface area contributed by atoms with Gasteiger partial charge in [-0.25, -0.2) is 0 Å². The van der Waals surface area contributed by atoms with Crippen LogP contribution in [-0.2, 0) is 6.54 Å². The molecule has 0 bridgehead atoms. The summed E-state index contributed by atoms with van der Waals surface area (Å²) in [5.41, 5.74) is 9.64. The first kappa shape index (κ1) is 18.3. The molecule has 144 valence electrons. The van der Waals surface area contributed by atoms with Crippen LogP contribution < -0.4 is 10.6 Å². The number of para-hydroxylation sites is 1. The first-order chi connectivity index (χ1) is 13.6. The summed E-state index contributed by atoms with van der Waals surface area (Å²) in [5, 5.41) is 18.5. The summed E-state index contributed by atoms with van der Waals surface area (Å²) in [6, 6.07) is 20.0. The van der Waals surface area contributed by atoms with Crippen molar-refractivity contribution < 1.29 is 5.11 Å². The molecule has 1 atom stereocenters. The number of phenols is 1. The fourth-order valence-electron chi connectivity index (χ4n) is 3.73. The van der Waals surface area contributed by atoms with Crippen LogP contribution >= 0.6 is 0 Å². The Bertz CT molecular complexity index is 947. The molecule has 1 aliphatic rings.